The molecule has 0 radical (unpaired) electrons. The third kappa shape index (κ3) is 5.42. The van der Waals surface area contributed by atoms with Crippen molar-refractivity contribution in [1.29, 1.82) is 0 Å². The maximum absolute atomic E-state index is 12.1. The summed E-state index contributed by atoms with van der Waals surface area (Å²) >= 11 is 6.34. The van der Waals surface area contributed by atoms with Crippen molar-refractivity contribution in [3.05, 3.63) is 63.8 Å². The van der Waals surface area contributed by atoms with Gasteiger partial charge in [0, 0.05) is 18.2 Å². The third-order valence-corrected chi connectivity index (χ3v) is 6.40. The van der Waals surface area contributed by atoms with Crippen LogP contribution in [0.1, 0.15) is 45.7 Å². The fourth-order valence-corrected chi connectivity index (χ4v) is 3.70. The van der Waals surface area contributed by atoms with Gasteiger partial charge in [-0.2, -0.15) is 4.98 Å². The molecule has 3 rings (SSSR count). The minimum Gasteiger partial charge on any atom is -0.495 e. The monoisotopic (exact) mass is 511 g/mol. The predicted molar refractivity (Wildman–Crippen MR) is 140 cm³/mol. The van der Waals surface area contributed by atoms with E-state index in [0.29, 0.717) is 28.3 Å². The molecule has 0 unspecified atom stereocenters. The molecule has 0 saturated heterocycles. The van der Waals surface area contributed by atoms with Crippen LogP contribution in [0.15, 0.2) is 36.5 Å². The molecule has 0 aliphatic rings. The highest BCUT2D eigenvalue weighted by atomic mass is 35.5. The van der Waals surface area contributed by atoms with E-state index in [1.807, 2.05) is 51.9 Å². The summed E-state index contributed by atoms with van der Waals surface area (Å²) in [6.07, 6.45) is 2.17. The first kappa shape index (κ1) is 26.9. The summed E-state index contributed by atoms with van der Waals surface area (Å²) < 4.78 is 11.5. The second-order valence-electron chi connectivity index (χ2n) is 8.81. The summed E-state index contributed by atoms with van der Waals surface area (Å²) in [5, 5.41) is 5.87. The van der Waals surface area contributed by atoms with Crippen LogP contribution in [-0.4, -0.2) is 55.3 Å². The van der Waals surface area contributed by atoms with E-state index in [1.165, 1.54) is 13.3 Å². The average Bonchev–Trinajstić information content (AvgIpc) is 2.85. The predicted octanol–water partition coefficient (Wildman–Crippen LogP) is 4.95. The molecule has 10 heteroatoms. The Morgan fingerprint density at radius 1 is 1.19 bits per heavy atom. The number of carbonyl (C=O) groups excluding carboxylic acids is 2. The van der Waals surface area contributed by atoms with Crippen LogP contribution in [0, 0.1) is 6.92 Å². The second kappa shape index (κ2) is 10.9. The molecule has 0 spiro atoms. The highest BCUT2D eigenvalue weighted by Gasteiger charge is 2.28. The Morgan fingerprint density at radius 3 is 2.53 bits per heavy atom. The highest BCUT2D eigenvalue weighted by molar-refractivity contribution is 6.31. The van der Waals surface area contributed by atoms with Crippen LogP contribution in [0.2, 0.25) is 5.02 Å². The normalized spacial score (nSPS) is 11.2. The molecule has 0 saturated carbocycles. The summed E-state index contributed by atoms with van der Waals surface area (Å²) in [4.78, 5) is 34.9. The van der Waals surface area contributed by atoms with Gasteiger partial charge in [0.15, 0.2) is 6.29 Å². The quantitative estimate of drug-likeness (QED) is 0.389. The van der Waals surface area contributed by atoms with Gasteiger partial charge in [0.05, 0.1) is 24.6 Å². The summed E-state index contributed by atoms with van der Waals surface area (Å²) in [5.41, 5.74) is 2.57. The Kier molecular flexibility index (Phi) is 8.17. The number of methoxy groups -OCH3 is 1. The molecule has 0 aliphatic carbocycles. The van der Waals surface area contributed by atoms with Gasteiger partial charge in [-0.05, 0) is 64.2 Å². The fourth-order valence-electron chi connectivity index (χ4n) is 3.57. The molecule has 2 aromatic carbocycles. The molecule has 36 heavy (non-hydrogen) atoms. The number of aromatic nitrogens is 2. The number of rotatable bonds is 9. The summed E-state index contributed by atoms with van der Waals surface area (Å²) in [7, 11) is 6.96. The Balaban J connectivity index is 1.98. The van der Waals surface area contributed by atoms with Gasteiger partial charge < -0.3 is 25.0 Å². The third-order valence-electron chi connectivity index (χ3n) is 6.14. The number of halogens is 1. The molecule has 0 bridgehead atoms. The summed E-state index contributed by atoms with van der Waals surface area (Å²) in [6.45, 7) is 5.85. The second-order valence-corrected chi connectivity index (χ2v) is 9.22. The van der Waals surface area contributed by atoms with E-state index in [0.717, 1.165) is 17.4 Å². The number of nitrogens with zero attached hydrogens (tertiary/aromatic N) is 3. The van der Waals surface area contributed by atoms with Crippen molar-refractivity contribution < 1.29 is 19.1 Å². The van der Waals surface area contributed by atoms with Gasteiger partial charge in [0.1, 0.15) is 16.5 Å². The topological polar surface area (TPSA) is 106 Å². The number of hydrogen-bond acceptors (Lipinski definition) is 8. The smallest absolute Gasteiger partial charge is 0.251 e. The molecular formula is C26H30ClN5O4. The molecule has 0 atom stereocenters. The molecule has 1 amide bonds. The van der Waals surface area contributed by atoms with Crippen molar-refractivity contribution in [3.63, 3.8) is 0 Å². The van der Waals surface area contributed by atoms with Crippen LogP contribution in [-0.2, 0) is 5.54 Å². The first-order chi connectivity index (χ1) is 17.0. The lowest BCUT2D eigenvalue weighted by atomic mass is 9.89. The Hall–Kier alpha value is -3.69. The lowest BCUT2D eigenvalue weighted by molar-refractivity contribution is 0.0961. The fraction of sp³-hybridized carbons (Fsp3) is 0.308. The standard InChI is InChI=1S/C26H30ClN5O4/c1-15-11-20(22(35-7)12-16(15)23(34)28-4)30-25-29-13-19(27)24(31-25)36-21-10-8-9-18(17(21)14-33)26(2,3)32(5)6/h8-14H,1-7H3,(H,28,34)(H,29,30,31). The minimum absolute atomic E-state index is 0.0785. The molecule has 3 aromatic rings. The molecule has 0 fully saturated rings. The summed E-state index contributed by atoms with van der Waals surface area (Å²) in [6, 6.07) is 8.80. The van der Waals surface area contributed by atoms with Gasteiger partial charge in [-0.15, -0.1) is 0 Å². The Labute approximate surface area is 215 Å². The zero-order valence-electron chi connectivity index (χ0n) is 21.4. The van der Waals surface area contributed by atoms with E-state index in [2.05, 4.69) is 20.6 Å². The molecule has 1 aromatic heterocycles. The Morgan fingerprint density at radius 2 is 1.92 bits per heavy atom. The average molecular weight is 512 g/mol. The van der Waals surface area contributed by atoms with E-state index < -0.39 is 5.54 Å². The minimum atomic E-state index is -0.424. The largest absolute Gasteiger partial charge is 0.495 e. The number of aryl methyl sites for hydroxylation is 1. The van der Waals surface area contributed by atoms with Crippen molar-refractivity contribution in [2.24, 2.45) is 0 Å². The van der Waals surface area contributed by atoms with E-state index in [1.54, 1.807) is 25.2 Å². The molecule has 1 heterocycles. The van der Waals surface area contributed by atoms with E-state index >= 15 is 0 Å². The van der Waals surface area contributed by atoms with Crippen molar-refractivity contribution in [3.8, 4) is 17.4 Å². The molecule has 0 aliphatic heterocycles. The van der Waals surface area contributed by atoms with Gasteiger partial charge in [-0.3, -0.25) is 9.59 Å². The molecular weight excluding hydrogens is 482 g/mol. The number of anilines is 2. The van der Waals surface area contributed by atoms with Gasteiger partial charge >= 0.3 is 0 Å². The van der Waals surface area contributed by atoms with Gasteiger partial charge in [-0.25, -0.2) is 4.98 Å². The van der Waals surface area contributed by atoms with E-state index in [9.17, 15) is 9.59 Å². The molecule has 2 N–H and O–H groups in total. The van der Waals surface area contributed by atoms with Crippen LogP contribution in [0.3, 0.4) is 0 Å². The zero-order valence-corrected chi connectivity index (χ0v) is 22.1. The number of aldehydes is 1. The van der Waals surface area contributed by atoms with Crippen LogP contribution in [0.5, 0.6) is 17.4 Å². The number of hydrogen-bond donors (Lipinski definition) is 2. The molecule has 190 valence electrons. The van der Waals surface area contributed by atoms with E-state index in [4.69, 9.17) is 21.1 Å². The first-order valence-corrected chi connectivity index (χ1v) is 11.6. The van der Waals surface area contributed by atoms with Crippen LogP contribution in [0.4, 0.5) is 11.6 Å². The van der Waals surface area contributed by atoms with Crippen molar-refractivity contribution in [2.45, 2.75) is 26.3 Å². The molecule has 9 nitrogen and oxygen atoms in total. The van der Waals surface area contributed by atoms with Crippen LogP contribution in [0.25, 0.3) is 0 Å². The SMILES string of the molecule is CNC(=O)c1cc(OC)c(Nc2ncc(Cl)c(Oc3cccc(C(C)(C)N(C)C)c3C=O)n2)cc1C. The summed E-state index contributed by atoms with van der Waals surface area (Å²) in [5.74, 6) is 0.808. The lowest BCUT2D eigenvalue weighted by Crippen LogP contribution is -2.36. The highest BCUT2D eigenvalue weighted by Crippen LogP contribution is 2.36. The number of nitrogens with one attached hydrogen (secondary N) is 2. The van der Waals surface area contributed by atoms with Gasteiger partial charge in [-0.1, -0.05) is 23.7 Å². The van der Waals surface area contributed by atoms with Crippen molar-refractivity contribution in [2.75, 3.05) is 33.6 Å². The first-order valence-electron chi connectivity index (χ1n) is 11.2. The Bertz CT molecular complexity index is 1290. The maximum atomic E-state index is 12.1. The number of benzene rings is 2. The van der Waals surface area contributed by atoms with Crippen LogP contribution >= 0.6 is 11.6 Å². The van der Waals surface area contributed by atoms with Crippen molar-refractivity contribution in [1.82, 2.24) is 20.2 Å². The lowest BCUT2D eigenvalue weighted by Gasteiger charge is -2.34. The maximum Gasteiger partial charge on any atom is 0.251 e. The number of carbonyl (C=O) groups is 2. The number of ether oxygens (including phenoxy) is 2. The van der Waals surface area contributed by atoms with Crippen LogP contribution < -0.4 is 20.1 Å². The van der Waals surface area contributed by atoms with Crippen molar-refractivity contribution >= 4 is 35.4 Å². The van der Waals surface area contributed by atoms with Gasteiger partial charge in [0.2, 0.25) is 11.8 Å². The van der Waals surface area contributed by atoms with Gasteiger partial charge in [0.25, 0.3) is 5.91 Å². The zero-order chi connectivity index (χ0) is 26.6. The number of amides is 1. The van der Waals surface area contributed by atoms with E-state index in [-0.39, 0.29) is 22.8 Å².